The molecule has 0 unspecified atom stereocenters. The Morgan fingerprint density at radius 1 is 1.53 bits per heavy atom. The van der Waals surface area contributed by atoms with Gasteiger partial charge in [-0.15, -0.1) is 0 Å². The van der Waals surface area contributed by atoms with Crippen molar-refractivity contribution in [3.8, 4) is 0 Å². The quantitative estimate of drug-likeness (QED) is 0.843. The van der Waals surface area contributed by atoms with Crippen molar-refractivity contribution in [2.24, 2.45) is 5.14 Å². The third-order valence-electron chi connectivity index (χ3n) is 2.75. The number of sulfonamides is 1. The molecular formula is C10H19N3O3S. The maximum absolute atomic E-state index is 11.1. The molecule has 0 aliphatic carbocycles. The highest BCUT2D eigenvalue weighted by Gasteiger charge is 2.18. The number of nitrogens with two attached hydrogens (primary N) is 1. The van der Waals surface area contributed by atoms with E-state index in [4.69, 9.17) is 9.88 Å². The molecule has 0 saturated carbocycles. The van der Waals surface area contributed by atoms with E-state index in [2.05, 4.69) is 4.98 Å². The van der Waals surface area contributed by atoms with Gasteiger partial charge in [0.25, 0.3) is 10.0 Å². The zero-order valence-electron chi connectivity index (χ0n) is 10.6. The number of methoxy groups -OCH3 is 1. The van der Waals surface area contributed by atoms with Gasteiger partial charge in [0.2, 0.25) is 0 Å². The standard InChI is InChI=1S/C10H19N3O3S/c1-8-12-9(17(11,14)15)7-13(8)6-5-10(2,3)16-4/h7H,5-6H2,1-4H3,(H2,11,14,15). The normalized spacial score (nSPS) is 13.0. The largest absolute Gasteiger partial charge is 0.379 e. The van der Waals surface area contributed by atoms with Crippen LogP contribution in [0.5, 0.6) is 0 Å². The van der Waals surface area contributed by atoms with Gasteiger partial charge in [-0.1, -0.05) is 0 Å². The first kappa shape index (κ1) is 14.1. The Morgan fingerprint density at radius 2 is 2.12 bits per heavy atom. The van der Waals surface area contributed by atoms with E-state index in [0.717, 1.165) is 6.42 Å². The highest BCUT2D eigenvalue weighted by Crippen LogP contribution is 2.16. The van der Waals surface area contributed by atoms with Gasteiger partial charge in [-0.3, -0.25) is 0 Å². The minimum Gasteiger partial charge on any atom is -0.379 e. The number of hydrogen-bond acceptors (Lipinski definition) is 4. The van der Waals surface area contributed by atoms with Gasteiger partial charge in [-0.2, -0.15) is 0 Å². The number of hydrogen-bond donors (Lipinski definition) is 1. The molecule has 0 radical (unpaired) electrons. The van der Waals surface area contributed by atoms with E-state index in [1.54, 1.807) is 18.6 Å². The molecule has 0 atom stereocenters. The Balaban J connectivity index is 2.84. The van der Waals surface area contributed by atoms with E-state index < -0.39 is 10.0 Å². The lowest BCUT2D eigenvalue weighted by Gasteiger charge is -2.23. The maximum Gasteiger partial charge on any atom is 0.257 e. The van der Waals surface area contributed by atoms with Gasteiger partial charge in [-0.25, -0.2) is 18.5 Å². The monoisotopic (exact) mass is 261 g/mol. The first-order valence-electron chi connectivity index (χ1n) is 5.27. The van der Waals surface area contributed by atoms with Gasteiger partial charge in [-0.05, 0) is 27.2 Å². The van der Waals surface area contributed by atoms with Crippen molar-refractivity contribution >= 4 is 10.0 Å². The third-order valence-corrected chi connectivity index (χ3v) is 3.53. The minimum atomic E-state index is -3.73. The first-order chi connectivity index (χ1) is 7.65. The van der Waals surface area contributed by atoms with Crippen LogP contribution in [-0.2, 0) is 21.3 Å². The van der Waals surface area contributed by atoms with Crippen LogP contribution >= 0.6 is 0 Å². The lowest BCUT2D eigenvalue weighted by Crippen LogP contribution is -2.24. The van der Waals surface area contributed by atoms with Crippen LogP contribution in [0.25, 0.3) is 0 Å². The second-order valence-electron chi connectivity index (χ2n) is 4.58. The molecule has 1 rings (SSSR count). The molecule has 0 amide bonds. The number of ether oxygens (including phenoxy) is 1. The van der Waals surface area contributed by atoms with Crippen LogP contribution in [0.1, 0.15) is 26.1 Å². The van der Waals surface area contributed by atoms with E-state index in [0.29, 0.717) is 12.4 Å². The van der Waals surface area contributed by atoms with Crippen molar-refractivity contribution in [1.29, 1.82) is 0 Å². The van der Waals surface area contributed by atoms with E-state index >= 15 is 0 Å². The Labute approximate surface area is 102 Å². The third kappa shape index (κ3) is 3.79. The SMILES string of the molecule is COC(C)(C)CCn1cc(S(N)(=O)=O)nc1C. The summed E-state index contributed by atoms with van der Waals surface area (Å²) in [6.07, 6.45) is 2.21. The Hall–Kier alpha value is -0.920. The molecule has 0 saturated heterocycles. The summed E-state index contributed by atoms with van der Waals surface area (Å²) < 4.78 is 29.3. The van der Waals surface area contributed by atoms with Gasteiger partial charge in [0, 0.05) is 19.9 Å². The Morgan fingerprint density at radius 3 is 2.53 bits per heavy atom. The van der Waals surface area contributed by atoms with Crippen LogP contribution in [0.2, 0.25) is 0 Å². The fraction of sp³-hybridized carbons (Fsp3) is 0.700. The number of nitrogens with zero attached hydrogens (tertiary/aromatic N) is 2. The molecule has 2 N–H and O–H groups in total. The number of primary sulfonamides is 1. The van der Waals surface area contributed by atoms with Crippen LogP contribution in [-0.4, -0.2) is 30.7 Å². The molecule has 0 spiro atoms. The summed E-state index contributed by atoms with van der Waals surface area (Å²) in [5, 5.41) is 4.93. The number of imidazole rings is 1. The lowest BCUT2D eigenvalue weighted by molar-refractivity contribution is 0.0119. The fourth-order valence-electron chi connectivity index (χ4n) is 1.33. The smallest absolute Gasteiger partial charge is 0.257 e. The molecule has 17 heavy (non-hydrogen) atoms. The predicted molar refractivity (Wildman–Crippen MR) is 64.0 cm³/mol. The number of aryl methyl sites for hydroxylation is 2. The first-order valence-corrected chi connectivity index (χ1v) is 6.82. The van der Waals surface area contributed by atoms with Gasteiger partial charge >= 0.3 is 0 Å². The summed E-state index contributed by atoms with van der Waals surface area (Å²) in [4.78, 5) is 3.92. The highest BCUT2D eigenvalue weighted by molar-refractivity contribution is 7.89. The van der Waals surface area contributed by atoms with E-state index in [1.807, 2.05) is 13.8 Å². The fourth-order valence-corrected chi connectivity index (χ4v) is 1.87. The second kappa shape index (κ2) is 4.75. The Kier molecular flexibility index (Phi) is 3.95. The number of aromatic nitrogens is 2. The molecule has 0 aromatic carbocycles. The molecule has 6 nitrogen and oxygen atoms in total. The molecule has 7 heteroatoms. The van der Waals surface area contributed by atoms with Crippen LogP contribution in [0.15, 0.2) is 11.2 Å². The lowest BCUT2D eigenvalue weighted by atomic mass is 10.1. The molecule has 1 aromatic heterocycles. The van der Waals surface area contributed by atoms with Crippen molar-refractivity contribution in [1.82, 2.24) is 9.55 Å². The summed E-state index contributed by atoms with van der Waals surface area (Å²) in [6.45, 7) is 6.32. The summed E-state index contributed by atoms with van der Waals surface area (Å²) in [6, 6.07) is 0. The maximum atomic E-state index is 11.1. The van der Waals surface area contributed by atoms with Crippen molar-refractivity contribution in [2.75, 3.05) is 7.11 Å². The molecule has 98 valence electrons. The summed E-state index contributed by atoms with van der Waals surface area (Å²) in [5.74, 6) is 0.626. The van der Waals surface area contributed by atoms with E-state index in [-0.39, 0.29) is 10.6 Å². The summed E-state index contributed by atoms with van der Waals surface area (Å²) in [7, 11) is -2.08. The molecule has 0 fully saturated rings. The molecule has 1 heterocycles. The van der Waals surface area contributed by atoms with Crippen LogP contribution in [0, 0.1) is 6.92 Å². The van der Waals surface area contributed by atoms with E-state index in [1.165, 1.54) is 6.20 Å². The minimum absolute atomic E-state index is 0.0924. The van der Waals surface area contributed by atoms with Gasteiger partial charge in [0.05, 0.1) is 5.60 Å². The topological polar surface area (TPSA) is 87.2 Å². The van der Waals surface area contributed by atoms with Crippen LogP contribution in [0.3, 0.4) is 0 Å². The van der Waals surface area contributed by atoms with Gasteiger partial charge < -0.3 is 9.30 Å². The molecule has 0 aliphatic rings. The van der Waals surface area contributed by atoms with Crippen molar-refractivity contribution in [3.05, 3.63) is 12.0 Å². The van der Waals surface area contributed by atoms with Gasteiger partial charge in [0.1, 0.15) is 5.82 Å². The van der Waals surface area contributed by atoms with Crippen LogP contribution < -0.4 is 5.14 Å². The zero-order chi connectivity index (χ0) is 13.3. The predicted octanol–water partition coefficient (Wildman–Crippen LogP) is 0.654. The van der Waals surface area contributed by atoms with Gasteiger partial charge in [0.15, 0.2) is 5.03 Å². The van der Waals surface area contributed by atoms with Crippen molar-refractivity contribution < 1.29 is 13.2 Å². The molecule has 0 aliphatic heterocycles. The number of rotatable bonds is 5. The van der Waals surface area contributed by atoms with E-state index in [9.17, 15) is 8.42 Å². The van der Waals surface area contributed by atoms with Crippen molar-refractivity contribution in [2.45, 2.75) is 44.4 Å². The molecule has 0 bridgehead atoms. The van der Waals surface area contributed by atoms with Crippen molar-refractivity contribution in [3.63, 3.8) is 0 Å². The van der Waals surface area contributed by atoms with Crippen LogP contribution in [0.4, 0.5) is 0 Å². The molecular weight excluding hydrogens is 242 g/mol. The summed E-state index contributed by atoms with van der Waals surface area (Å²) >= 11 is 0. The second-order valence-corrected chi connectivity index (χ2v) is 6.09. The highest BCUT2D eigenvalue weighted by atomic mass is 32.2. The average molecular weight is 261 g/mol. The zero-order valence-corrected chi connectivity index (χ0v) is 11.4. The summed E-state index contributed by atoms with van der Waals surface area (Å²) in [5.41, 5.74) is -0.252. The molecule has 1 aromatic rings. The Bertz CT molecular complexity index is 491. The average Bonchev–Trinajstić information content (AvgIpc) is 2.57.